The van der Waals surface area contributed by atoms with E-state index in [1.165, 1.54) is 12.1 Å². The highest BCUT2D eigenvalue weighted by Crippen LogP contribution is 2.50. The lowest BCUT2D eigenvalue weighted by Crippen LogP contribution is -2.24. The second kappa shape index (κ2) is 7.01. The number of hydrogen-bond donors (Lipinski definition) is 2. The van der Waals surface area contributed by atoms with E-state index >= 15 is 0 Å². The lowest BCUT2D eigenvalue weighted by atomic mass is 10.1. The largest absolute Gasteiger partial charge is 0.449 e. The number of rotatable bonds is 5. The number of nitro groups is 1. The Kier molecular flexibility index (Phi) is 4.77. The molecule has 26 heavy (non-hydrogen) atoms. The molecule has 1 saturated carbocycles. The summed E-state index contributed by atoms with van der Waals surface area (Å²) >= 11 is 6.03. The maximum Gasteiger partial charge on any atom is 0.311 e. The fraction of sp³-hybridized carbons (Fsp3) is 0.176. The van der Waals surface area contributed by atoms with Gasteiger partial charge in [-0.05, 0) is 36.1 Å². The molecule has 1 fully saturated rings. The van der Waals surface area contributed by atoms with Crippen molar-refractivity contribution in [2.24, 2.45) is 22.4 Å². The molecule has 0 bridgehead atoms. The van der Waals surface area contributed by atoms with Crippen LogP contribution in [0.25, 0.3) is 0 Å². The van der Waals surface area contributed by atoms with Crippen LogP contribution in [0.15, 0.2) is 47.5 Å². The zero-order valence-electron chi connectivity index (χ0n) is 13.5. The van der Waals surface area contributed by atoms with E-state index < -0.39 is 10.8 Å². The summed E-state index contributed by atoms with van der Waals surface area (Å²) in [5.41, 5.74) is 10.9. The van der Waals surface area contributed by atoms with Crippen molar-refractivity contribution in [1.29, 1.82) is 0 Å². The Morgan fingerprint density at radius 2 is 1.96 bits per heavy atom. The van der Waals surface area contributed by atoms with Crippen molar-refractivity contribution in [2.45, 2.75) is 12.3 Å². The van der Waals surface area contributed by atoms with Gasteiger partial charge in [0.05, 0.1) is 9.95 Å². The number of aliphatic imine (C=N–C) groups is 1. The lowest BCUT2D eigenvalue weighted by molar-refractivity contribution is -0.385. The number of amides is 1. The Bertz CT molecular complexity index is 911. The van der Waals surface area contributed by atoms with E-state index in [-0.39, 0.29) is 29.2 Å². The number of ether oxygens (including phenoxy) is 1. The number of hydrogen-bond acceptors (Lipinski definition) is 4. The molecule has 0 aromatic heterocycles. The van der Waals surface area contributed by atoms with Gasteiger partial charge in [-0.3, -0.25) is 14.9 Å². The Hall–Kier alpha value is -3.13. The maximum absolute atomic E-state index is 11.8. The molecule has 1 aliphatic carbocycles. The van der Waals surface area contributed by atoms with Gasteiger partial charge in [0.2, 0.25) is 5.75 Å². The van der Waals surface area contributed by atoms with Crippen LogP contribution in [0.1, 0.15) is 17.9 Å². The first-order chi connectivity index (χ1) is 12.4. The first-order valence-corrected chi connectivity index (χ1v) is 8.09. The van der Waals surface area contributed by atoms with E-state index in [4.69, 9.17) is 27.8 Å². The molecule has 2 aromatic carbocycles. The Morgan fingerprint density at radius 1 is 1.23 bits per heavy atom. The molecule has 2 unspecified atom stereocenters. The minimum absolute atomic E-state index is 0.0691. The van der Waals surface area contributed by atoms with E-state index in [9.17, 15) is 14.9 Å². The Labute approximate surface area is 153 Å². The van der Waals surface area contributed by atoms with Gasteiger partial charge in [0.1, 0.15) is 5.75 Å². The van der Waals surface area contributed by atoms with Crippen molar-refractivity contribution < 1.29 is 14.5 Å². The summed E-state index contributed by atoms with van der Waals surface area (Å²) in [4.78, 5) is 26.2. The lowest BCUT2D eigenvalue weighted by Gasteiger charge is -2.09. The summed E-state index contributed by atoms with van der Waals surface area (Å²) < 4.78 is 5.59. The second-order valence-electron chi connectivity index (χ2n) is 5.84. The van der Waals surface area contributed by atoms with E-state index in [1.54, 1.807) is 30.3 Å². The summed E-state index contributed by atoms with van der Waals surface area (Å²) in [6.07, 6.45) is 0.539. The molecule has 2 atom stereocenters. The quantitative estimate of drug-likeness (QED) is 0.357. The van der Waals surface area contributed by atoms with Crippen LogP contribution in [0.5, 0.6) is 11.5 Å². The predicted octanol–water partition coefficient (Wildman–Crippen LogP) is 2.94. The average molecular weight is 375 g/mol. The molecule has 0 radical (unpaired) electrons. The number of halogens is 1. The van der Waals surface area contributed by atoms with Crippen LogP contribution in [0.3, 0.4) is 0 Å². The molecule has 1 aliphatic rings. The van der Waals surface area contributed by atoms with Gasteiger partial charge in [0.25, 0.3) is 5.91 Å². The maximum atomic E-state index is 11.8. The Balaban J connectivity index is 1.85. The van der Waals surface area contributed by atoms with E-state index in [0.29, 0.717) is 22.8 Å². The van der Waals surface area contributed by atoms with E-state index in [0.717, 1.165) is 0 Å². The van der Waals surface area contributed by atoms with Gasteiger partial charge in [0, 0.05) is 12.0 Å². The van der Waals surface area contributed by atoms with Crippen molar-refractivity contribution in [2.75, 3.05) is 0 Å². The summed E-state index contributed by atoms with van der Waals surface area (Å²) in [5, 5.41) is 11.8. The summed E-state index contributed by atoms with van der Waals surface area (Å²) in [6, 6.07) is 11.3. The molecular formula is C17H15ClN4O4. The van der Waals surface area contributed by atoms with Crippen LogP contribution < -0.4 is 16.2 Å². The molecular weight excluding hydrogens is 360 g/mol. The predicted molar refractivity (Wildman–Crippen MR) is 96.3 cm³/mol. The van der Waals surface area contributed by atoms with Gasteiger partial charge in [-0.1, -0.05) is 29.8 Å². The van der Waals surface area contributed by atoms with Crippen molar-refractivity contribution in [3.63, 3.8) is 0 Å². The van der Waals surface area contributed by atoms with Crippen molar-refractivity contribution in [1.82, 2.24) is 0 Å². The van der Waals surface area contributed by atoms with Crippen molar-refractivity contribution >= 4 is 29.2 Å². The summed E-state index contributed by atoms with van der Waals surface area (Å²) in [6.45, 7) is 0. The van der Waals surface area contributed by atoms with Crippen LogP contribution in [0, 0.1) is 16.0 Å². The number of nitro benzene ring substituents is 1. The smallest absolute Gasteiger partial charge is 0.311 e. The number of para-hydroxylation sites is 1. The second-order valence-corrected chi connectivity index (χ2v) is 6.25. The molecule has 0 aliphatic heterocycles. The fourth-order valence-corrected chi connectivity index (χ4v) is 2.86. The molecule has 8 nitrogen and oxygen atoms in total. The zero-order valence-corrected chi connectivity index (χ0v) is 14.2. The topological polar surface area (TPSA) is 134 Å². The molecule has 0 spiro atoms. The summed E-state index contributed by atoms with van der Waals surface area (Å²) in [5.74, 6) is -0.855. The van der Waals surface area contributed by atoms with Gasteiger partial charge >= 0.3 is 5.69 Å². The third-order valence-electron chi connectivity index (χ3n) is 4.01. The van der Waals surface area contributed by atoms with Gasteiger partial charge in [0.15, 0.2) is 5.96 Å². The number of carbonyl (C=O) groups is 1. The van der Waals surface area contributed by atoms with Gasteiger partial charge < -0.3 is 16.2 Å². The van der Waals surface area contributed by atoms with Crippen molar-refractivity contribution in [3.05, 3.63) is 63.2 Å². The van der Waals surface area contributed by atoms with Gasteiger partial charge in [-0.25, -0.2) is 0 Å². The normalized spacial score (nSPS) is 18.0. The molecule has 2 aromatic rings. The fourth-order valence-electron chi connectivity index (χ4n) is 2.69. The highest BCUT2D eigenvalue weighted by atomic mass is 35.5. The van der Waals surface area contributed by atoms with Crippen LogP contribution in [0.2, 0.25) is 5.02 Å². The number of nitrogens with zero attached hydrogens (tertiary/aromatic N) is 2. The van der Waals surface area contributed by atoms with Crippen LogP contribution >= 0.6 is 11.6 Å². The van der Waals surface area contributed by atoms with E-state index in [1.807, 2.05) is 0 Å². The van der Waals surface area contributed by atoms with Crippen LogP contribution in [-0.4, -0.2) is 16.8 Å². The SMILES string of the molecule is NC(N)=NC(=O)C1CC1c1ccc(Oc2ccccc2Cl)c([N+](=O)[O-])c1. The number of benzene rings is 2. The minimum atomic E-state index is -0.537. The Morgan fingerprint density at radius 3 is 2.62 bits per heavy atom. The van der Waals surface area contributed by atoms with Crippen LogP contribution in [0.4, 0.5) is 5.69 Å². The van der Waals surface area contributed by atoms with Gasteiger partial charge in [-0.15, -0.1) is 0 Å². The first-order valence-electron chi connectivity index (χ1n) is 7.71. The third kappa shape index (κ3) is 3.75. The van der Waals surface area contributed by atoms with Crippen molar-refractivity contribution in [3.8, 4) is 11.5 Å². The molecule has 0 heterocycles. The molecule has 0 saturated heterocycles. The number of carbonyl (C=O) groups excluding carboxylic acids is 1. The van der Waals surface area contributed by atoms with Gasteiger partial charge in [-0.2, -0.15) is 4.99 Å². The van der Waals surface area contributed by atoms with Crippen LogP contribution in [-0.2, 0) is 4.79 Å². The molecule has 4 N–H and O–H groups in total. The zero-order chi connectivity index (χ0) is 18.8. The molecule has 3 rings (SSSR count). The first kappa shape index (κ1) is 17.7. The average Bonchev–Trinajstić information content (AvgIpc) is 3.37. The number of guanidine groups is 1. The summed E-state index contributed by atoms with van der Waals surface area (Å²) in [7, 11) is 0. The highest BCUT2D eigenvalue weighted by Gasteiger charge is 2.44. The third-order valence-corrected chi connectivity index (χ3v) is 4.32. The monoisotopic (exact) mass is 374 g/mol. The standard InChI is InChI=1S/C17H15ClN4O4/c18-12-3-1-2-4-14(12)26-15-6-5-9(7-13(15)22(24)25)10-8-11(10)16(23)21-17(19)20/h1-7,10-11H,8H2,(H4,19,20,21,23). The highest BCUT2D eigenvalue weighted by molar-refractivity contribution is 6.32. The number of nitrogens with two attached hydrogens (primary N) is 2. The minimum Gasteiger partial charge on any atom is -0.449 e. The van der Waals surface area contributed by atoms with E-state index in [2.05, 4.69) is 4.99 Å². The molecule has 1 amide bonds. The molecule has 134 valence electrons. The molecule has 9 heteroatoms.